The summed E-state index contributed by atoms with van der Waals surface area (Å²) in [4.78, 5) is 12.7. The Balaban J connectivity index is 1.73. The summed E-state index contributed by atoms with van der Waals surface area (Å²) in [6.07, 6.45) is 2.22. The molecule has 2 fully saturated rings. The van der Waals surface area contributed by atoms with Crippen LogP contribution in [-0.2, 0) is 25.5 Å². The van der Waals surface area contributed by atoms with E-state index in [0.717, 1.165) is 18.4 Å². The standard InChI is InChI=1S/C18H25NO3S/c1-17(2,3)13-4-6-14(7-5-13)18(9-10-18)16(20)19-15-8-11-23(21,22)12-15/h4-7,15H,8-12H2,1-3H3,(H,19,20). The Morgan fingerprint density at radius 1 is 1.17 bits per heavy atom. The van der Waals surface area contributed by atoms with Crippen LogP contribution in [0.15, 0.2) is 24.3 Å². The van der Waals surface area contributed by atoms with Crippen LogP contribution in [0, 0.1) is 0 Å². The predicted octanol–water partition coefficient (Wildman–Crippen LogP) is 2.32. The average Bonchev–Trinajstić information content (AvgIpc) is 3.19. The van der Waals surface area contributed by atoms with Gasteiger partial charge >= 0.3 is 0 Å². The van der Waals surface area contributed by atoms with E-state index in [1.807, 2.05) is 0 Å². The normalized spacial score (nSPS) is 25.1. The van der Waals surface area contributed by atoms with Crippen molar-refractivity contribution in [3.05, 3.63) is 35.4 Å². The number of hydrogen-bond acceptors (Lipinski definition) is 3. The molecule has 126 valence electrons. The van der Waals surface area contributed by atoms with Crippen molar-refractivity contribution in [2.75, 3.05) is 11.5 Å². The molecule has 2 aliphatic rings. The number of carbonyl (C=O) groups excluding carboxylic acids is 1. The summed E-state index contributed by atoms with van der Waals surface area (Å²) in [7, 11) is -2.97. The molecule has 1 aliphatic carbocycles. The predicted molar refractivity (Wildman–Crippen MR) is 91.3 cm³/mol. The number of hydrogen-bond donors (Lipinski definition) is 1. The second kappa shape index (κ2) is 5.33. The first-order valence-electron chi connectivity index (χ1n) is 8.25. The lowest BCUT2D eigenvalue weighted by Crippen LogP contribution is -2.42. The van der Waals surface area contributed by atoms with E-state index in [-0.39, 0.29) is 28.9 Å². The van der Waals surface area contributed by atoms with Gasteiger partial charge in [0.25, 0.3) is 0 Å². The van der Waals surface area contributed by atoms with Crippen LogP contribution in [0.4, 0.5) is 0 Å². The molecule has 1 aromatic carbocycles. The van der Waals surface area contributed by atoms with Gasteiger partial charge in [0.1, 0.15) is 0 Å². The van der Waals surface area contributed by atoms with Crippen LogP contribution in [0.2, 0.25) is 0 Å². The van der Waals surface area contributed by atoms with Gasteiger partial charge in [-0.25, -0.2) is 8.42 Å². The molecule has 1 saturated heterocycles. The summed E-state index contributed by atoms with van der Waals surface area (Å²) in [5, 5.41) is 2.96. The highest BCUT2D eigenvalue weighted by molar-refractivity contribution is 7.91. The van der Waals surface area contributed by atoms with Gasteiger partial charge in [-0.2, -0.15) is 0 Å². The molecular weight excluding hydrogens is 310 g/mol. The van der Waals surface area contributed by atoms with E-state index in [2.05, 4.69) is 50.4 Å². The van der Waals surface area contributed by atoms with Crippen LogP contribution in [0.5, 0.6) is 0 Å². The molecule has 5 heteroatoms. The number of carbonyl (C=O) groups is 1. The van der Waals surface area contributed by atoms with Gasteiger partial charge in [0.15, 0.2) is 9.84 Å². The molecule has 1 N–H and O–H groups in total. The molecular formula is C18H25NO3S. The van der Waals surface area contributed by atoms with Gasteiger partial charge in [-0.1, -0.05) is 45.0 Å². The summed E-state index contributed by atoms with van der Waals surface area (Å²) in [6.45, 7) is 6.51. The van der Waals surface area contributed by atoms with Crippen LogP contribution in [0.25, 0.3) is 0 Å². The zero-order chi connectivity index (χ0) is 16.9. The number of amides is 1. The van der Waals surface area contributed by atoms with Gasteiger partial charge in [-0.3, -0.25) is 4.79 Å². The number of nitrogens with one attached hydrogen (secondary N) is 1. The monoisotopic (exact) mass is 335 g/mol. The highest BCUT2D eigenvalue weighted by Gasteiger charge is 2.52. The van der Waals surface area contributed by atoms with Crippen molar-refractivity contribution < 1.29 is 13.2 Å². The van der Waals surface area contributed by atoms with E-state index in [1.165, 1.54) is 5.56 Å². The quantitative estimate of drug-likeness (QED) is 0.922. The third kappa shape index (κ3) is 3.30. The Morgan fingerprint density at radius 3 is 2.22 bits per heavy atom. The minimum atomic E-state index is -2.97. The van der Waals surface area contributed by atoms with Gasteiger partial charge in [0.2, 0.25) is 5.91 Å². The minimum absolute atomic E-state index is 0.0110. The van der Waals surface area contributed by atoms with E-state index in [4.69, 9.17) is 0 Å². The number of rotatable bonds is 3. The lowest BCUT2D eigenvalue weighted by molar-refractivity contribution is -0.124. The summed E-state index contributed by atoms with van der Waals surface area (Å²) >= 11 is 0. The fourth-order valence-corrected chi connectivity index (χ4v) is 4.97. The molecule has 1 amide bonds. The Labute approximate surface area is 138 Å². The Hall–Kier alpha value is -1.36. The Kier molecular flexibility index (Phi) is 3.82. The Bertz CT molecular complexity index is 710. The smallest absolute Gasteiger partial charge is 0.230 e. The van der Waals surface area contributed by atoms with E-state index < -0.39 is 15.3 Å². The van der Waals surface area contributed by atoms with Crippen molar-refractivity contribution in [3.8, 4) is 0 Å². The maximum atomic E-state index is 12.7. The fourth-order valence-electron chi connectivity index (χ4n) is 3.29. The van der Waals surface area contributed by atoms with E-state index in [0.29, 0.717) is 6.42 Å². The van der Waals surface area contributed by atoms with Gasteiger partial charge in [-0.15, -0.1) is 0 Å². The molecule has 1 saturated carbocycles. The van der Waals surface area contributed by atoms with Crippen molar-refractivity contribution in [2.24, 2.45) is 0 Å². The first-order chi connectivity index (χ1) is 10.6. The van der Waals surface area contributed by atoms with Gasteiger partial charge < -0.3 is 5.32 Å². The minimum Gasteiger partial charge on any atom is -0.352 e. The van der Waals surface area contributed by atoms with Crippen LogP contribution in [0.1, 0.15) is 51.2 Å². The molecule has 0 aromatic heterocycles. The molecule has 3 rings (SSSR count). The van der Waals surface area contributed by atoms with Gasteiger partial charge in [0.05, 0.1) is 16.9 Å². The highest BCUT2D eigenvalue weighted by atomic mass is 32.2. The third-order valence-electron chi connectivity index (χ3n) is 5.06. The second-order valence-electron chi connectivity index (χ2n) is 7.98. The zero-order valence-corrected chi connectivity index (χ0v) is 14.9. The fraction of sp³-hybridized carbons (Fsp3) is 0.611. The summed E-state index contributed by atoms with van der Waals surface area (Å²) < 4.78 is 23.1. The second-order valence-corrected chi connectivity index (χ2v) is 10.2. The van der Waals surface area contributed by atoms with Crippen molar-refractivity contribution in [2.45, 2.75) is 56.9 Å². The molecule has 1 heterocycles. The largest absolute Gasteiger partial charge is 0.352 e. The molecule has 4 nitrogen and oxygen atoms in total. The van der Waals surface area contributed by atoms with E-state index >= 15 is 0 Å². The molecule has 0 spiro atoms. The molecule has 0 radical (unpaired) electrons. The lowest BCUT2D eigenvalue weighted by atomic mass is 9.85. The van der Waals surface area contributed by atoms with Crippen molar-refractivity contribution in [1.82, 2.24) is 5.32 Å². The summed E-state index contributed by atoms with van der Waals surface area (Å²) in [5.74, 6) is 0.256. The van der Waals surface area contributed by atoms with Gasteiger partial charge in [-0.05, 0) is 35.8 Å². The number of benzene rings is 1. The van der Waals surface area contributed by atoms with Crippen molar-refractivity contribution >= 4 is 15.7 Å². The maximum absolute atomic E-state index is 12.7. The summed E-state index contributed by atoms with van der Waals surface area (Å²) in [5.41, 5.74) is 1.95. The van der Waals surface area contributed by atoms with E-state index in [9.17, 15) is 13.2 Å². The zero-order valence-electron chi connectivity index (χ0n) is 14.1. The maximum Gasteiger partial charge on any atom is 0.230 e. The van der Waals surface area contributed by atoms with Crippen LogP contribution in [-0.4, -0.2) is 31.9 Å². The van der Waals surface area contributed by atoms with Crippen molar-refractivity contribution in [3.63, 3.8) is 0 Å². The van der Waals surface area contributed by atoms with Crippen molar-refractivity contribution in [1.29, 1.82) is 0 Å². The topological polar surface area (TPSA) is 63.2 Å². The summed E-state index contributed by atoms with van der Waals surface area (Å²) in [6, 6.07) is 8.08. The highest BCUT2D eigenvalue weighted by Crippen LogP contribution is 2.48. The Morgan fingerprint density at radius 2 is 1.78 bits per heavy atom. The van der Waals surface area contributed by atoms with Crippen LogP contribution in [0.3, 0.4) is 0 Å². The average molecular weight is 335 g/mol. The molecule has 0 bridgehead atoms. The number of sulfone groups is 1. The van der Waals surface area contributed by atoms with E-state index in [1.54, 1.807) is 0 Å². The molecule has 1 aromatic rings. The lowest BCUT2D eigenvalue weighted by Gasteiger charge is -2.22. The molecule has 1 unspecified atom stereocenters. The third-order valence-corrected chi connectivity index (χ3v) is 6.82. The molecule has 1 atom stereocenters. The first-order valence-corrected chi connectivity index (χ1v) is 10.1. The SMILES string of the molecule is CC(C)(C)c1ccc(C2(C(=O)NC3CCS(=O)(=O)C3)CC2)cc1. The van der Waals surface area contributed by atoms with Crippen LogP contribution < -0.4 is 5.32 Å². The van der Waals surface area contributed by atoms with Crippen LogP contribution >= 0.6 is 0 Å². The molecule has 23 heavy (non-hydrogen) atoms. The van der Waals surface area contributed by atoms with Gasteiger partial charge in [0, 0.05) is 6.04 Å². The molecule has 1 aliphatic heterocycles. The first kappa shape index (κ1) is 16.5.